The third-order valence-corrected chi connectivity index (χ3v) is 9.00. The standard InChI is InChI=1S/C30H30BrClN6O/c1-19-7-9-20(10-8-19)17-38-29-27(22-13-23(32)16-34-15-22)35-24(14-33)26(31)28(29)36-30(38)37-11-12-39-18-25(37)21-5-3-2-4-6-21/h2-6,13,15-16,19-20,25H,7-12,17-18H2,1H3/t19?,20?,25-/m0/s1. The Kier molecular flexibility index (Phi) is 7.57. The molecule has 3 aromatic heterocycles. The molecule has 1 atom stereocenters. The first-order valence-corrected chi connectivity index (χ1v) is 14.7. The molecule has 1 aromatic carbocycles. The van der Waals surface area contributed by atoms with Crippen LogP contribution in [0.5, 0.6) is 0 Å². The van der Waals surface area contributed by atoms with Crippen molar-refractivity contribution in [2.45, 2.75) is 45.2 Å². The van der Waals surface area contributed by atoms with E-state index in [4.69, 9.17) is 26.3 Å². The fourth-order valence-electron chi connectivity index (χ4n) is 5.93. The van der Waals surface area contributed by atoms with E-state index in [9.17, 15) is 5.26 Å². The van der Waals surface area contributed by atoms with E-state index >= 15 is 0 Å². The summed E-state index contributed by atoms with van der Waals surface area (Å²) in [5.74, 6) is 2.19. The van der Waals surface area contributed by atoms with Gasteiger partial charge in [-0.25, -0.2) is 9.97 Å². The molecule has 2 fully saturated rings. The van der Waals surface area contributed by atoms with Gasteiger partial charge in [-0.3, -0.25) is 4.98 Å². The van der Waals surface area contributed by atoms with Gasteiger partial charge < -0.3 is 14.2 Å². The third-order valence-electron chi connectivity index (χ3n) is 8.04. The summed E-state index contributed by atoms with van der Waals surface area (Å²) in [5.41, 5.74) is 4.55. The molecule has 1 aliphatic carbocycles. The van der Waals surface area contributed by atoms with Crippen LogP contribution in [0.4, 0.5) is 5.95 Å². The molecule has 0 spiro atoms. The van der Waals surface area contributed by atoms with E-state index in [1.165, 1.54) is 31.2 Å². The molecule has 9 heteroatoms. The van der Waals surface area contributed by atoms with Crippen molar-refractivity contribution in [2.24, 2.45) is 11.8 Å². The van der Waals surface area contributed by atoms with Gasteiger partial charge in [0, 0.05) is 31.0 Å². The zero-order valence-corrected chi connectivity index (χ0v) is 24.2. The Labute approximate surface area is 241 Å². The van der Waals surface area contributed by atoms with E-state index in [2.05, 4.69) is 67.6 Å². The lowest BCUT2D eigenvalue weighted by molar-refractivity contribution is 0.0927. The van der Waals surface area contributed by atoms with Crippen molar-refractivity contribution >= 4 is 44.5 Å². The van der Waals surface area contributed by atoms with Crippen LogP contribution >= 0.6 is 27.5 Å². The highest BCUT2D eigenvalue weighted by molar-refractivity contribution is 9.10. The number of pyridine rings is 2. The van der Waals surface area contributed by atoms with Crippen LogP contribution < -0.4 is 4.90 Å². The van der Waals surface area contributed by atoms with E-state index in [0.717, 1.165) is 41.6 Å². The summed E-state index contributed by atoms with van der Waals surface area (Å²) < 4.78 is 8.92. The number of halogens is 2. The van der Waals surface area contributed by atoms with Gasteiger partial charge in [0.1, 0.15) is 11.6 Å². The molecule has 39 heavy (non-hydrogen) atoms. The second-order valence-corrected chi connectivity index (χ2v) is 11.9. The van der Waals surface area contributed by atoms with Crippen LogP contribution in [0, 0.1) is 23.2 Å². The number of imidazole rings is 1. The Morgan fingerprint density at radius 1 is 1.13 bits per heavy atom. The summed E-state index contributed by atoms with van der Waals surface area (Å²) in [6.07, 6.45) is 8.21. The van der Waals surface area contributed by atoms with Crippen molar-refractivity contribution in [3.8, 4) is 17.3 Å². The first kappa shape index (κ1) is 26.2. The van der Waals surface area contributed by atoms with Crippen molar-refractivity contribution in [2.75, 3.05) is 24.7 Å². The number of nitrogens with zero attached hydrogens (tertiary/aromatic N) is 6. The fraction of sp³-hybridized carbons (Fsp3) is 0.400. The Morgan fingerprint density at radius 2 is 1.92 bits per heavy atom. The SMILES string of the molecule is CC1CCC(Cn2c(N3CCOC[C@H]3c3ccccc3)nc3c(Br)c(C#N)nc(-c4cncc(Cl)c4)c32)CC1. The molecule has 4 aromatic rings. The van der Waals surface area contributed by atoms with Gasteiger partial charge >= 0.3 is 0 Å². The first-order valence-electron chi connectivity index (χ1n) is 13.5. The molecular weight excluding hydrogens is 576 g/mol. The zero-order valence-electron chi connectivity index (χ0n) is 21.9. The number of fused-ring (bicyclic) bond motifs is 1. The summed E-state index contributed by atoms with van der Waals surface area (Å²) in [4.78, 5) is 16.8. The Balaban J connectivity index is 1.58. The predicted molar refractivity (Wildman–Crippen MR) is 157 cm³/mol. The number of benzene rings is 1. The zero-order chi connectivity index (χ0) is 26.9. The minimum atomic E-state index is 0.0281. The van der Waals surface area contributed by atoms with Crippen LogP contribution in [0.2, 0.25) is 5.02 Å². The quantitative estimate of drug-likeness (QED) is 0.240. The molecule has 0 amide bonds. The van der Waals surface area contributed by atoms with Gasteiger partial charge in [-0.1, -0.05) is 61.7 Å². The Bertz CT molecular complexity index is 1530. The van der Waals surface area contributed by atoms with Gasteiger partial charge in [-0.15, -0.1) is 0 Å². The van der Waals surface area contributed by atoms with Crippen LogP contribution in [0.1, 0.15) is 49.9 Å². The number of morpholine rings is 1. The second kappa shape index (κ2) is 11.2. The lowest BCUT2D eigenvalue weighted by Crippen LogP contribution is -2.41. The van der Waals surface area contributed by atoms with Crippen LogP contribution in [0.25, 0.3) is 22.3 Å². The lowest BCUT2D eigenvalue weighted by atomic mass is 9.83. The average Bonchev–Trinajstić information content (AvgIpc) is 3.34. The molecule has 0 unspecified atom stereocenters. The molecule has 0 bridgehead atoms. The van der Waals surface area contributed by atoms with Gasteiger partial charge in [0.15, 0.2) is 5.69 Å². The number of rotatable bonds is 5. The summed E-state index contributed by atoms with van der Waals surface area (Å²) in [5, 5.41) is 10.5. The maximum absolute atomic E-state index is 9.96. The Morgan fingerprint density at radius 3 is 2.67 bits per heavy atom. The Hall–Kier alpha value is -2.99. The smallest absolute Gasteiger partial charge is 0.207 e. The largest absolute Gasteiger partial charge is 0.377 e. The maximum atomic E-state index is 9.96. The summed E-state index contributed by atoms with van der Waals surface area (Å²) >= 11 is 10.0. The fourth-order valence-corrected chi connectivity index (χ4v) is 6.56. The van der Waals surface area contributed by atoms with E-state index in [1.807, 2.05) is 12.1 Å². The molecule has 1 saturated heterocycles. The van der Waals surface area contributed by atoms with E-state index in [0.29, 0.717) is 40.0 Å². The third kappa shape index (κ3) is 5.16. The minimum absolute atomic E-state index is 0.0281. The van der Waals surface area contributed by atoms with Crippen molar-refractivity contribution in [3.05, 3.63) is 69.5 Å². The molecule has 6 rings (SSSR count). The summed E-state index contributed by atoms with van der Waals surface area (Å²) in [6.45, 7) is 5.11. The van der Waals surface area contributed by atoms with Gasteiger partial charge in [0.05, 0.1) is 40.0 Å². The van der Waals surface area contributed by atoms with Crippen molar-refractivity contribution < 1.29 is 4.74 Å². The number of ether oxygens (including phenoxy) is 1. The summed E-state index contributed by atoms with van der Waals surface area (Å²) in [7, 11) is 0. The molecule has 1 saturated carbocycles. The molecular formula is C30H30BrClN6O. The van der Waals surface area contributed by atoms with Crippen LogP contribution in [0.3, 0.4) is 0 Å². The highest BCUT2D eigenvalue weighted by atomic mass is 79.9. The highest BCUT2D eigenvalue weighted by Crippen LogP contribution is 2.41. The second-order valence-electron chi connectivity index (χ2n) is 10.7. The van der Waals surface area contributed by atoms with Gasteiger partial charge in [0.2, 0.25) is 5.95 Å². The number of hydrogen-bond acceptors (Lipinski definition) is 6. The normalized spacial score (nSPS) is 21.7. The van der Waals surface area contributed by atoms with Crippen molar-refractivity contribution in [1.82, 2.24) is 19.5 Å². The number of anilines is 1. The van der Waals surface area contributed by atoms with E-state index in [-0.39, 0.29) is 6.04 Å². The van der Waals surface area contributed by atoms with Gasteiger partial charge in [-0.2, -0.15) is 5.26 Å². The lowest BCUT2D eigenvalue weighted by Gasteiger charge is -2.37. The van der Waals surface area contributed by atoms with Gasteiger partial charge in [0.25, 0.3) is 0 Å². The van der Waals surface area contributed by atoms with E-state index in [1.54, 1.807) is 12.4 Å². The van der Waals surface area contributed by atoms with E-state index < -0.39 is 0 Å². The minimum Gasteiger partial charge on any atom is -0.377 e. The first-order chi connectivity index (χ1) is 19.0. The molecule has 2 aliphatic rings. The molecule has 0 N–H and O–H groups in total. The molecule has 7 nitrogen and oxygen atoms in total. The van der Waals surface area contributed by atoms with Crippen LogP contribution in [0.15, 0.2) is 53.3 Å². The van der Waals surface area contributed by atoms with Gasteiger partial charge in [-0.05, 0) is 52.2 Å². The molecule has 200 valence electrons. The monoisotopic (exact) mass is 604 g/mol. The topological polar surface area (TPSA) is 79.9 Å². The van der Waals surface area contributed by atoms with Crippen molar-refractivity contribution in [1.29, 1.82) is 5.26 Å². The van der Waals surface area contributed by atoms with Crippen LogP contribution in [-0.2, 0) is 11.3 Å². The maximum Gasteiger partial charge on any atom is 0.207 e. The number of nitriles is 1. The predicted octanol–water partition coefficient (Wildman–Crippen LogP) is 7.19. The van der Waals surface area contributed by atoms with Crippen molar-refractivity contribution in [3.63, 3.8) is 0 Å². The molecule has 1 aliphatic heterocycles. The average molecular weight is 606 g/mol. The number of hydrogen-bond donors (Lipinski definition) is 0. The number of aromatic nitrogens is 4. The molecule has 0 radical (unpaired) electrons. The molecule has 4 heterocycles. The highest BCUT2D eigenvalue weighted by Gasteiger charge is 2.32. The summed E-state index contributed by atoms with van der Waals surface area (Å²) in [6, 6.07) is 14.6. The van der Waals surface area contributed by atoms with Crippen LogP contribution in [-0.4, -0.2) is 39.3 Å².